The molecule has 10 nitrogen and oxygen atoms in total. The number of aromatic nitrogens is 2. The van der Waals surface area contributed by atoms with Crippen molar-refractivity contribution in [3.8, 4) is 0 Å². The minimum atomic E-state index is -1.07. The highest BCUT2D eigenvalue weighted by atomic mass is 16.4. The first kappa shape index (κ1) is 21.3. The lowest BCUT2D eigenvalue weighted by Crippen LogP contribution is -2.44. The number of fused-ring (bicyclic) bond motifs is 1. The van der Waals surface area contributed by atoms with Crippen LogP contribution in [0.3, 0.4) is 0 Å². The summed E-state index contributed by atoms with van der Waals surface area (Å²) in [6.07, 6.45) is 0.584. The van der Waals surface area contributed by atoms with Gasteiger partial charge in [-0.1, -0.05) is 0 Å². The van der Waals surface area contributed by atoms with E-state index < -0.39 is 5.97 Å². The van der Waals surface area contributed by atoms with Crippen LogP contribution in [0, 0.1) is 0 Å². The van der Waals surface area contributed by atoms with Gasteiger partial charge < -0.3 is 24.9 Å². The number of benzene rings is 1. The van der Waals surface area contributed by atoms with Crippen molar-refractivity contribution in [1.29, 1.82) is 0 Å². The Morgan fingerprint density at radius 2 is 1.73 bits per heavy atom. The summed E-state index contributed by atoms with van der Waals surface area (Å²) in [5.41, 5.74) is 3.17. The molecule has 1 aromatic carbocycles. The molecule has 1 aromatic heterocycles. The summed E-state index contributed by atoms with van der Waals surface area (Å²) >= 11 is 0. The van der Waals surface area contributed by atoms with Crippen LogP contribution in [0.1, 0.15) is 32.1 Å². The molecule has 0 unspecified atom stereocenters. The van der Waals surface area contributed by atoms with E-state index in [1.54, 1.807) is 4.90 Å². The summed E-state index contributed by atoms with van der Waals surface area (Å²) in [5.74, 6) is -1.15. The van der Waals surface area contributed by atoms with E-state index in [0.717, 1.165) is 37.6 Å². The maximum absolute atomic E-state index is 12.9. The van der Waals surface area contributed by atoms with Crippen molar-refractivity contribution in [2.75, 3.05) is 44.7 Å². The number of carboxylic acid groups (broad SMARTS) is 2. The first-order valence-electron chi connectivity index (χ1n) is 9.64. The molecule has 0 aliphatic carbocycles. The molecule has 2 aliphatic heterocycles. The van der Waals surface area contributed by atoms with Gasteiger partial charge in [0.05, 0.1) is 6.54 Å². The third-order valence-corrected chi connectivity index (χ3v) is 5.41. The summed E-state index contributed by atoms with van der Waals surface area (Å²) in [7, 11) is 2.12. The number of hydrogen-bond acceptors (Lipinski definition) is 6. The van der Waals surface area contributed by atoms with Gasteiger partial charge in [-0.15, -0.1) is 0 Å². The number of piperazine rings is 1. The summed E-state index contributed by atoms with van der Waals surface area (Å²) < 4.78 is 0. The van der Waals surface area contributed by atoms with Crippen LogP contribution in [0.5, 0.6) is 0 Å². The average molecular weight is 415 g/mol. The van der Waals surface area contributed by atoms with Gasteiger partial charge >= 0.3 is 5.97 Å². The van der Waals surface area contributed by atoms with E-state index in [0.29, 0.717) is 24.1 Å². The normalized spacial score (nSPS) is 16.3. The van der Waals surface area contributed by atoms with E-state index in [-0.39, 0.29) is 24.6 Å². The summed E-state index contributed by atoms with van der Waals surface area (Å²) in [4.78, 5) is 38.8. The standard InChI is InChI=1S/C19H23N5O3.CH2O2/c1-22-8-10-23(11-9-22)14-4-2-13(3-5-14)18(25)24-7-6-16-15(12-24)17(19(26)27)21-20-16;2-1-3/h2-5H,6-12H2,1H3,(H,20,21)(H,26,27);1H,(H,2,3). The Bertz CT molecular complexity index is 903. The van der Waals surface area contributed by atoms with Crippen LogP contribution in [0.15, 0.2) is 24.3 Å². The van der Waals surface area contributed by atoms with Crippen LogP contribution < -0.4 is 4.90 Å². The van der Waals surface area contributed by atoms with Crippen molar-refractivity contribution in [3.05, 3.63) is 46.8 Å². The average Bonchev–Trinajstić information content (AvgIpc) is 3.18. The lowest BCUT2D eigenvalue weighted by Gasteiger charge is -2.34. The molecule has 1 saturated heterocycles. The van der Waals surface area contributed by atoms with E-state index in [1.807, 2.05) is 24.3 Å². The van der Waals surface area contributed by atoms with E-state index in [1.165, 1.54) is 0 Å². The minimum absolute atomic E-state index is 0.00733. The number of carbonyl (C=O) groups excluding carboxylic acids is 1. The molecule has 2 aliphatic rings. The zero-order valence-electron chi connectivity index (χ0n) is 16.7. The fourth-order valence-corrected chi connectivity index (χ4v) is 3.71. The van der Waals surface area contributed by atoms with Crippen molar-refractivity contribution in [2.45, 2.75) is 13.0 Å². The van der Waals surface area contributed by atoms with E-state index in [2.05, 4.69) is 27.0 Å². The number of aromatic amines is 1. The number of nitrogens with one attached hydrogen (secondary N) is 1. The molecule has 0 spiro atoms. The van der Waals surface area contributed by atoms with Gasteiger partial charge in [0.2, 0.25) is 0 Å². The number of rotatable bonds is 3. The number of hydrogen-bond donors (Lipinski definition) is 3. The Balaban J connectivity index is 0.000000806. The monoisotopic (exact) mass is 415 g/mol. The van der Waals surface area contributed by atoms with Crippen molar-refractivity contribution in [1.82, 2.24) is 20.0 Å². The Labute approximate surface area is 173 Å². The highest BCUT2D eigenvalue weighted by molar-refractivity contribution is 5.95. The molecule has 0 bridgehead atoms. The molecule has 160 valence electrons. The number of H-pyrrole nitrogens is 1. The van der Waals surface area contributed by atoms with Crippen LogP contribution in [-0.4, -0.2) is 88.3 Å². The highest BCUT2D eigenvalue weighted by Gasteiger charge is 2.28. The number of aromatic carboxylic acids is 1. The van der Waals surface area contributed by atoms with E-state index >= 15 is 0 Å². The highest BCUT2D eigenvalue weighted by Crippen LogP contribution is 2.23. The van der Waals surface area contributed by atoms with Crippen molar-refractivity contribution in [3.63, 3.8) is 0 Å². The van der Waals surface area contributed by atoms with E-state index in [4.69, 9.17) is 9.90 Å². The maximum Gasteiger partial charge on any atom is 0.356 e. The number of carboxylic acids is 1. The largest absolute Gasteiger partial charge is 0.483 e. The first-order valence-corrected chi connectivity index (χ1v) is 9.64. The van der Waals surface area contributed by atoms with Crippen molar-refractivity contribution < 1.29 is 24.6 Å². The molecule has 10 heteroatoms. The second-order valence-corrected chi connectivity index (χ2v) is 7.25. The Morgan fingerprint density at radius 1 is 1.10 bits per heavy atom. The second kappa shape index (κ2) is 9.40. The van der Waals surface area contributed by atoms with Gasteiger partial charge in [-0.25, -0.2) is 4.79 Å². The molecule has 3 N–H and O–H groups in total. The predicted molar refractivity (Wildman–Crippen MR) is 109 cm³/mol. The molecule has 1 fully saturated rings. The fraction of sp³-hybridized carbons (Fsp3) is 0.400. The molecule has 0 atom stereocenters. The summed E-state index contributed by atoms with van der Waals surface area (Å²) in [6, 6.07) is 7.71. The minimum Gasteiger partial charge on any atom is -0.483 e. The van der Waals surface area contributed by atoms with Crippen LogP contribution in [0.25, 0.3) is 0 Å². The lowest BCUT2D eigenvalue weighted by molar-refractivity contribution is -0.122. The van der Waals surface area contributed by atoms with Gasteiger partial charge in [0.1, 0.15) is 0 Å². The molecular weight excluding hydrogens is 390 g/mol. The van der Waals surface area contributed by atoms with Gasteiger partial charge in [-0.3, -0.25) is 14.7 Å². The van der Waals surface area contributed by atoms with E-state index in [9.17, 15) is 14.7 Å². The zero-order chi connectivity index (χ0) is 21.7. The number of amides is 1. The van der Waals surface area contributed by atoms with Gasteiger partial charge in [-0.2, -0.15) is 5.10 Å². The molecule has 4 rings (SSSR count). The molecule has 3 heterocycles. The number of nitrogens with zero attached hydrogens (tertiary/aromatic N) is 4. The second-order valence-electron chi connectivity index (χ2n) is 7.25. The molecular formula is C20H25N5O5. The predicted octanol–water partition coefficient (Wildman–Crippen LogP) is 0.759. The first-order chi connectivity index (χ1) is 14.4. The number of likely N-dealkylation sites (N-methyl/N-ethyl adjacent to an activating group) is 1. The molecule has 1 amide bonds. The van der Waals surface area contributed by atoms with Gasteiger partial charge in [0.15, 0.2) is 5.69 Å². The number of anilines is 1. The van der Waals surface area contributed by atoms with Crippen LogP contribution in [0.4, 0.5) is 5.69 Å². The van der Waals surface area contributed by atoms with Gasteiger partial charge in [0, 0.05) is 61.7 Å². The topological polar surface area (TPSA) is 130 Å². The lowest BCUT2D eigenvalue weighted by atomic mass is 10.0. The van der Waals surface area contributed by atoms with Crippen LogP contribution in [-0.2, 0) is 17.8 Å². The summed E-state index contributed by atoms with van der Waals surface area (Å²) in [5, 5.41) is 22.8. The van der Waals surface area contributed by atoms with Crippen molar-refractivity contribution in [2.24, 2.45) is 0 Å². The molecule has 30 heavy (non-hydrogen) atoms. The third-order valence-electron chi connectivity index (χ3n) is 5.41. The Morgan fingerprint density at radius 3 is 2.33 bits per heavy atom. The molecule has 0 radical (unpaired) electrons. The van der Waals surface area contributed by atoms with Crippen molar-refractivity contribution >= 4 is 24.0 Å². The van der Waals surface area contributed by atoms with Gasteiger partial charge in [-0.05, 0) is 31.3 Å². The fourth-order valence-electron chi connectivity index (χ4n) is 3.71. The maximum atomic E-state index is 12.9. The number of carbonyl (C=O) groups is 3. The quantitative estimate of drug-likeness (QED) is 0.627. The molecule has 2 aromatic rings. The third kappa shape index (κ3) is 4.60. The Kier molecular flexibility index (Phi) is 6.68. The van der Waals surface area contributed by atoms with Gasteiger partial charge in [0.25, 0.3) is 12.4 Å². The summed E-state index contributed by atoms with van der Waals surface area (Å²) in [6.45, 7) is 4.61. The zero-order valence-corrected chi connectivity index (χ0v) is 16.7. The SMILES string of the molecule is CN1CCN(c2ccc(C(=O)N3CCc4[nH]nc(C(=O)O)c4C3)cc2)CC1.O=CO. The smallest absolute Gasteiger partial charge is 0.356 e. The molecule has 0 saturated carbocycles. The van der Waals surface area contributed by atoms with Crippen LogP contribution in [0.2, 0.25) is 0 Å². The van der Waals surface area contributed by atoms with Crippen LogP contribution >= 0.6 is 0 Å². The Hall–Kier alpha value is -3.40.